The molecule has 0 aromatic heterocycles. The van der Waals surface area contributed by atoms with Crippen LogP contribution in [0.5, 0.6) is 5.75 Å². The minimum atomic E-state index is -0.389. The molecule has 5 heteroatoms. The molecule has 3 unspecified atom stereocenters. The van der Waals surface area contributed by atoms with Gasteiger partial charge in [0.1, 0.15) is 11.5 Å². The lowest BCUT2D eigenvalue weighted by atomic mass is 9.89. The van der Waals surface area contributed by atoms with Gasteiger partial charge in [0.2, 0.25) is 5.91 Å². The molecule has 1 amide bonds. The smallest absolute Gasteiger partial charge is 0.220 e. The Labute approximate surface area is 199 Å². The molecule has 1 fully saturated rings. The molecule has 5 nitrogen and oxygen atoms in total. The molecular weight excluding hydrogens is 414 g/mol. The number of unbranched alkanes of at least 4 members (excludes halogenated alkanes) is 5. The highest BCUT2D eigenvalue weighted by Gasteiger charge is 2.32. The normalized spacial score (nSPS) is 19.3. The van der Waals surface area contributed by atoms with Crippen LogP contribution in [0.2, 0.25) is 0 Å². The van der Waals surface area contributed by atoms with Crippen molar-refractivity contribution in [3.63, 3.8) is 0 Å². The van der Waals surface area contributed by atoms with Crippen molar-refractivity contribution >= 4 is 11.7 Å². The molecule has 1 aliphatic carbocycles. The summed E-state index contributed by atoms with van der Waals surface area (Å²) in [5, 5.41) is 22.4. The van der Waals surface area contributed by atoms with Gasteiger partial charge in [0.05, 0.1) is 6.10 Å². The first-order valence-electron chi connectivity index (χ1n) is 12.9. The lowest BCUT2D eigenvalue weighted by molar-refractivity contribution is -0.121. The first-order valence-corrected chi connectivity index (χ1v) is 12.9. The van der Waals surface area contributed by atoms with Crippen molar-refractivity contribution in [1.82, 2.24) is 5.32 Å². The minimum Gasteiger partial charge on any atom is -0.508 e. The zero-order valence-corrected chi connectivity index (χ0v) is 20.3. The highest BCUT2D eigenvalue weighted by atomic mass is 16.3. The maximum absolute atomic E-state index is 12.3. The number of rotatable bonds is 16. The van der Waals surface area contributed by atoms with Crippen LogP contribution in [0.3, 0.4) is 0 Å². The SMILES string of the molecule is CCCCCC(O)C=CC1CCC(=O)C1CCCCCCC(=O)NCCc1ccc(O)cc1. The number of phenols is 1. The number of Topliss-reactive ketones (excluding diaryl/α,β-unsaturated/α-hetero) is 1. The van der Waals surface area contributed by atoms with E-state index in [-0.39, 0.29) is 29.6 Å². The number of amides is 1. The van der Waals surface area contributed by atoms with E-state index in [0.29, 0.717) is 25.2 Å². The second-order valence-corrected chi connectivity index (χ2v) is 9.44. The van der Waals surface area contributed by atoms with Crippen LogP contribution >= 0.6 is 0 Å². The summed E-state index contributed by atoms with van der Waals surface area (Å²) in [7, 11) is 0. The molecular formula is C28H43NO4. The summed E-state index contributed by atoms with van der Waals surface area (Å²) in [6.45, 7) is 2.77. The van der Waals surface area contributed by atoms with Crippen LogP contribution in [-0.4, -0.2) is 34.6 Å². The lowest BCUT2D eigenvalue weighted by Gasteiger charge is -2.15. The summed E-state index contributed by atoms with van der Waals surface area (Å²) in [5.74, 6) is 1.09. The molecule has 33 heavy (non-hydrogen) atoms. The van der Waals surface area contributed by atoms with Gasteiger partial charge in [-0.1, -0.05) is 69.7 Å². The van der Waals surface area contributed by atoms with Crippen molar-refractivity contribution in [1.29, 1.82) is 0 Å². The maximum Gasteiger partial charge on any atom is 0.220 e. The van der Waals surface area contributed by atoms with Gasteiger partial charge in [-0.15, -0.1) is 0 Å². The average molecular weight is 458 g/mol. The van der Waals surface area contributed by atoms with Crippen LogP contribution in [0.4, 0.5) is 0 Å². The largest absolute Gasteiger partial charge is 0.508 e. The van der Waals surface area contributed by atoms with Gasteiger partial charge in [-0.3, -0.25) is 9.59 Å². The van der Waals surface area contributed by atoms with E-state index in [1.807, 2.05) is 18.2 Å². The number of benzene rings is 1. The van der Waals surface area contributed by atoms with Crippen molar-refractivity contribution in [3.05, 3.63) is 42.0 Å². The Balaban J connectivity index is 1.55. The average Bonchev–Trinajstić information content (AvgIpc) is 3.15. The number of ketones is 1. The van der Waals surface area contributed by atoms with Crippen LogP contribution in [-0.2, 0) is 16.0 Å². The molecule has 184 valence electrons. The van der Waals surface area contributed by atoms with Crippen LogP contribution in [0.1, 0.15) is 89.5 Å². The molecule has 3 N–H and O–H groups in total. The van der Waals surface area contributed by atoms with E-state index in [9.17, 15) is 19.8 Å². The molecule has 1 aromatic carbocycles. The maximum atomic E-state index is 12.3. The third-order valence-electron chi connectivity index (χ3n) is 6.68. The molecule has 0 aliphatic heterocycles. The fourth-order valence-corrected chi connectivity index (χ4v) is 4.61. The van der Waals surface area contributed by atoms with Crippen molar-refractivity contribution < 1.29 is 19.8 Å². The lowest BCUT2D eigenvalue weighted by Crippen LogP contribution is -2.25. The summed E-state index contributed by atoms with van der Waals surface area (Å²) >= 11 is 0. The van der Waals surface area contributed by atoms with Crippen LogP contribution in [0.15, 0.2) is 36.4 Å². The molecule has 0 spiro atoms. The minimum absolute atomic E-state index is 0.0856. The van der Waals surface area contributed by atoms with Gasteiger partial charge in [0, 0.05) is 25.3 Å². The molecule has 0 bridgehead atoms. The van der Waals surface area contributed by atoms with Crippen molar-refractivity contribution in [2.75, 3.05) is 6.54 Å². The molecule has 1 saturated carbocycles. The Hall–Kier alpha value is -2.14. The number of aliphatic hydroxyl groups excluding tert-OH is 1. The highest BCUT2D eigenvalue weighted by Crippen LogP contribution is 2.34. The fourth-order valence-electron chi connectivity index (χ4n) is 4.61. The van der Waals surface area contributed by atoms with Gasteiger partial charge >= 0.3 is 0 Å². The van der Waals surface area contributed by atoms with E-state index < -0.39 is 0 Å². The number of hydrogen-bond donors (Lipinski definition) is 3. The van der Waals surface area contributed by atoms with E-state index in [2.05, 4.69) is 18.3 Å². The van der Waals surface area contributed by atoms with E-state index in [0.717, 1.165) is 76.2 Å². The van der Waals surface area contributed by atoms with E-state index in [1.54, 1.807) is 12.1 Å². The summed E-state index contributed by atoms with van der Waals surface area (Å²) in [6, 6.07) is 7.05. The van der Waals surface area contributed by atoms with Gasteiger partial charge in [0.15, 0.2) is 0 Å². The van der Waals surface area contributed by atoms with Crippen LogP contribution < -0.4 is 5.32 Å². The number of phenolic OH excluding ortho intramolecular Hbond substituents is 1. The molecule has 2 rings (SSSR count). The standard InChI is InChI=1S/C28H43NO4/c1-2-3-6-9-24(30)18-14-23-15-19-27(32)26(23)10-7-4-5-8-11-28(33)29-21-20-22-12-16-25(31)17-13-22/h12-14,16-18,23-24,26,30-31H,2-11,15,19-21H2,1H3,(H,29,33). The number of aliphatic hydroxyl groups is 1. The quantitative estimate of drug-likeness (QED) is 0.226. The van der Waals surface area contributed by atoms with E-state index in [1.165, 1.54) is 0 Å². The second-order valence-electron chi connectivity index (χ2n) is 9.44. The molecule has 1 aromatic rings. The number of allylic oxidation sites excluding steroid dienone is 1. The van der Waals surface area contributed by atoms with Gasteiger partial charge in [0.25, 0.3) is 0 Å². The number of carbonyl (C=O) groups is 2. The molecule has 3 atom stereocenters. The zero-order chi connectivity index (χ0) is 23.9. The van der Waals surface area contributed by atoms with Crippen molar-refractivity contribution in [2.45, 2.75) is 96.5 Å². The third-order valence-corrected chi connectivity index (χ3v) is 6.68. The van der Waals surface area contributed by atoms with Gasteiger partial charge < -0.3 is 15.5 Å². The third kappa shape index (κ3) is 11.0. The number of nitrogens with one attached hydrogen (secondary N) is 1. The number of hydrogen-bond acceptors (Lipinski definition) is 4. The predicted molar refractivity (Wildman–Crippen MR) is 133 cm³/mol. The van der Waals surface area contributed by atoms with Crippen LogP contribution in [0.25, 0.3) is 0 Å². The van der Waals surface area contributed by atoms with Crippen LogP contribution in [0, 0.1) is 11.8 Å². The topological polar surface area (TPSA) is 86.6 Å². The summed E-state index contributed by atoms with van der Waals surface area (Å²) < 4.78 is 0. The van der Waals surface area contributed by atoms with Crippen molar-refractivity contribution in [3.8, 4) is 5.75 Å². The molecule has 1 aliphatic rings. The first kappa shape index (κ1) is 27.1. The number of aromatic hydroxyl groups is 1. The predicted octanol–water partition coefficient (Wildman–Crippen LogP) is 5.48. The Bertz CT molecular complexity index is 728. The van der Waals surface area contributed by atoms with E-state index in [4.69, 9.17) is 0 Å². The van der Waals surface area contributed by atoms with Gasteiger partial charge in [-0.25, -0.2) is 0 Å². The molecule has 0 radical (unpaired) electrons. The highest BCUT2D eigenvalue weighted by molar-refractivity contribution is 5.83. The second kappa shape index (κ2) is 15.7. The Morgan fingerprint density at radius 1 is 1.12 bits per heavy atom. The van der Waals surface area contributed by atoms with Crippen molar-refractivity contribution in [2.24, 2.45) is 11.8 Å². The summed E-state index contributed by atoms with van der Waals surface area (Å²) in [5.41, 5.74) is 1.09. The Morgan fingerprint density at radius 3 is 2.64 bits per heavy atom. The first-order chi connectivity index (χ1) is 16.0. The zero-order valence-electron chi connectivity index (χ0n) is 20.3. The number of carbonyl (C=O) groups excluding carboxylic acids is 2. The molecule has 0 heterocycles. The molecule has 0 saturated heterocycles. The summed E-state index contributed by atoms with van der Waals surface area (Å²) in [6.07, 6.45) is 15.5. The monoisotopic (exact) mass is 457 g/mol. The Kier molecular flexibility index (Phi) is 12.9. The summed E-state index contributed by atoms with van der Waals surface area (Å²) in [4.78, 5) is 24.3. The van der Waals surface area contributed by atoms with E-state index >= 15 is 0 Å². The van der Waals surface area contributed by atoms with Gasteiger partial charge in [-0.05, 0) is 55.7 Å². The fraction of sp³-hybridized carbons (Fsp3) is 0.643. The van der Waals surface area contributed by atoms with Gasteiger partial charge in [-0.2, -0.15) is 0 Å². The Morgan fingerprint density at radius 2 is 1.88 bits per heavy atom.